The highest BCUT2D eigenvalue weighted by atomic mass is 79.9. The van der Waals surface area contributed by atoms with Gasteiger partial charge in [0.2, 0.25) is 0 Å². The molecule has 17 heavy (non-hydrogen) atoms. The Bertz CT molecular complexity index is 510. The van der Waals surface area contributed by atoms with Gasteiger partial charge in [0, 0.05) is 17.2 Å². The first-order valence-electron chi connectivity index (χ1n) is 5.30. The SMILES string of the molecule is CNCc1ccn(Cc2cc(F)ccc2Br)n1. The van der Waals surface area contributed by atoms with Crippen LogP contribution in [0.25, 0.3) is 0 Å². The summed E-state index contributed by atoms with van der Waals surface area (Å²) in [6.45, 7) is 1.29. The van der Waals surface area contributed by atoms with E-state index >= 15 is 0 Å². The van der Waals surface area contributed by atoms with Crippen LogP contribution in [0.5, 0.6) is 0 Å². The summed E-state index contributed by atoms with van der Waals surface area (Å²) in [7, 11) is 1.88. The van der Waals surface area contributed by atoms with Gasteiger partial charge in [0.05, 0.1) is 12.2 Å². The molecule has 0 aliphatic heterocycles. The zero-order chi connectivity index (χ0) is 12.3. The number of benzene rings is 1. The van der Waals surface area contributed by atoms with Gasteiger partial charge in [-0.1, -0.05) is 15.9 Å². The van der Waals surface area contributed by atoms with Gasteiger partial charge in [0.15, 0.2) is 0 Å². The first-order valence-corrected chi connectivity index (χ1v) is 6.09. The zero-order valence-electron chi connectivity index (χ0n) is 9.45. The summed E-state index contributed by atoms with van der Waals surface area (Å²) < 4.78 is 15.8. The lowest BCUT2D eigenvalue weighted by atomic mass is 10.2. The Morgan fingerprint density at radius 2 is 2.24 bits per heavy atom. The summed E-state index contributed by atoms with van der Waals surface area (Å²) in [5.41, 5.74) is 1.85. The molecule has 0 atom stereocenters. The maximum absolute atomic E-state index is 13.1. The summed E-state index contributed by atoms with van der Waals surface area (Å²) in [4.78, 5) is 0. The van der Waals surface area contributed by atoms with E-state index in [1.165, 1.54) is 12.1 Å². The van der Waals surface area contributed by atoms with Gasteiger partial charge in [-0.15, -0.1) is 0 Å². The molecule has 1 N–H and O–H groups in total. The molecule has 0 saturated carbocycles. The van der Waals surface area contributed by atoms with Crippen molar-refractivity contribution < 1.29 is 4.39 Å². The monoisotopic (exact) mass is 297 g/mol. The van der Waals surface area contributed by atoms with E-state index in [9.17, 15) is 4.39 Å². The van der Waals surface area contributed by atoms with E-state index in [0.29, 0.717) is 6.54 Å². The smallest absolute Gasteiger partial charge is 0.123 e. The number of halogens is 2. The average Bonchev–Trinajstić information content (AvgIpc) is 2.72. The molecule has 0 radical (unpaired) electrons. The molecule has 3 nitrogen and oxygen atoms in total. The predicted octanol–water partition coefficient (Wildman–Crippen LogP) is 2.55. The van der Waals surface area contributed by atoms with E-state index in [1.54, 1.807) is 10.7 Å². The minimum atomic E-state index is -0.231. The van der Waals surface area contributed by atoms with Gasteiger partial charge < -0.3 is 5.32 Å². The molecule has 2 rings (SSSR count). The normalized spacial score (nSPS) is 10.8. The fraction of sp³-hybridized carbons (Fsp3) is 0.250. The van der Waals surface area contributed by atoms with Crippen molar-refractivity contribution in [3.63, 3.8) is 0 Å². The van der Waals surface area contributed by atoms with E-state index in [1.807, 2.05) is 19.3 Å². The van der Waals surface area contributed by atoms with Crippen LogP contribution in [0.4, 0.5) is 4.39 Å². The van der Waals surface area contributed by atoms with E-state index in [4.69, 9.17) is 0 Å². The van der Waals surface area contributed by atoms with Crippen LogP contribution in [0.3, 0.4) is 0 Å². The molecule has 0 saturated heterocycles. The lowest BCUT2D eigenvalue weighted by Gasteiger charge is -2.05. The number of aromatic nitrogens is 2. The van der Waals surface area contributed by atoms with Crippen LogP contribution < -0.4 is 5.32 Å². The Kier molecular flexibility index (Phi) is 3.91. The third-order valence-electron chi connectivity index (χ3n) is 2.39. The molecular weight excluding hydrogens is 285 g/mol. The Morgan fingerprint density at radius 3 is 3.00 bits per heavy atom. The first-order chi connectivity index (χ1) is 8.19. The maximum atomic E-state index is 13.1. The fourth-order valence-electron chi connectivity index (χ4n) is 1.61. The molecular formula is C12H13BrFN3. The van der Waals surface area contributed by atoms with Gasteiger partial charge in [-0.3, -0.25) is 4.68 Å². The van der Waals surface area contributed by atoms with Crippen molar-refractivity contribution in [1.29, 1.82) is 0 Å². The number of hydrogen-bond acceptors (Lipinski definition) is 2. The number of rotatable bonds is 4. The molecule has 90 valence electrons. The second-order valence-electron chi connectivity index (χ2n) is 3.77. The van der Waals surface area contributed by atoms with Crippen LogP contribution in [0.2, 0.25) is 0 Å². The van der Waals surface area contributed by atoms with Crippen molar-refractivity contribution in [1.82, 2.24) is 15.1 Å². The van der Waals surface area contributed by atoms with Crippen molar-refractivity contribution >= 4 is 15.9 Å². The second kappa shape index (κ2) is 5.42. The van der Waals surface area contributed by atoms with Crippen molar-refractivity contribution in [3.05, 3.63) is 52.0 Å². The van der Waals surface area contributed by atoms with Gasteiger partial charge in [0.1, 0.15) is 5.82 Å². The molecule has 0 aliphatic rings. The Balaban J connectivity index is 2.16. The number of nitrogens with one attached hydrogen (secondary N) is 1. The van der Waals surface area contributed by atoms with Gasteiger partial charge in [0.25, 0.3) is 0 Å². The molecule has 0 spiro atoms. The third-order valence-corrected chi connectivity index (χ3v) is 3.17. The van der Waals surface area contributed by atoms with Gasteiger partial charge in [-0.25, -0.2) is 4.39 Å². The fourth-order valence-corrected chi connectivity index (χ4v) is 1.98. The predicted molar refractivity (Wildman–Crippen MR) is 68.2 cm³/mol. The van der Waals surface area contributed by atoms with Gasteiger partial charge in [-0.2, -0.15) is 5.10 Å². The van der Waals surface area contributed by atoms with Gasteiger partial charge in [-0.05, 0) is 36.9 Å². The van der Waals surface area contributed by atoms with Crippen LogP contribution in [-0.4, -0.2) is 16.8 Å². The van der Waals surface area contributed by atoms with Crippen LogP contribution in [-0.2, 0) is 13.1 Å². The summed E-state index contributed by atoms with van der Waals surface area (Å²) in [6, 6.07) is 6.61. The van der Waals surface area contributed by atoms with Crippen molar-refractivity contribution in [3.8, 4) is 0 Å². The van der Waals surface area contributed by atoms with Crippen LogP contribution in [0, 0.1) is 5.82 Å². The zero-order valence-corrected chi connectivity index (χ0v) is 11.0. The molecule has 0 aliphatic carbocycles. The van der Waals surface area contributed by atoms with Crippen molar-refractivity contribution in [2.24, 2.45) is 0 Å². The number of hydrogen-bond donors (Lipinski definition) is 1. The second-order valence-corrected chi connectivity index (χ2v) is 4.63. The standard InChI is InChI=1S/C12H13BrFN3/c1-15-7-11-4-5-17(16-11)8-9-6-10(14)2-3-12(9)13/h2-6,15H,7-8H2,1H3. The molecule has 1 heterocycles. The molecule has 5 heteroatoms. The van der Waals surface area contributed by atoms with E-state index < -0.39 is 0 Å². The lowest BCUT2D eigenvalue weighted by molar-refractivity contribution is 0.615. The molecule has 0 unspecified atom stereocenters. The molecule has 0 fully saturated rings. The molecule has 2 aromatic rings. The molecule has 0 bridgehead atoms. The molecule has 1 aromatic heterocycles. The highest BCUT2D eigenvalue weighted by Gasteiger charge is 2.04. The highest BCUT2D eigenvalue weighted by molar-refractivity contribution is 9.10. The third kappa shape index (κ3) is 3.14. The largest absolute Gasteiger partial charge is 0.314 e. The molecule has 1 aromatic carbocycles. The topological polar surface area (TPSA) is 29.9 Å². The van der Waals surface area contributed by atoms with Crippen LogP contribution >= 0.6 is 15.9 Å². The lowest BCUT2D eigenvalue weighted by Crippen LogP contribution is -2.07. The summed E-state index contributed by atoms with van der Waals surface area (Å²) in [5, 5.41) is 7.41. The number of nitrogens with zero attached hydrogens (tertiary/aromatic N) is 2. The van der Waals surface area contributed by atoms with E-state index in [2.05, 4.69) is 26.3 Å². The summed E-state index contributed by atoms with van der Waals surface area (Å²) in [6.07, 6.45) is 1.89. The Morgan fingerprint density at radius 1 is 1.41 bits per heavy atom. The van der Waals surface area contributed by atoms with E-state index in [-0.39, 0.29) is 5.82 Å². The van der Waals surface area contributed by atoms with Crippen molar-refractivity contribution in [2.75, 3.05) is 7.05 Å². The Labute approximate surface area is 108 Å². The van der Waals surface area contributed by atoms with Crippen LogP contribution in [0.15, 0.2) is 34.9 Å². The minimum Gasteiger partial charge on any atom is -0.314 e. The van der Waals surface area contributed by atoms with Gasteiger partial charge >= 0.3 is 0 Å². The highest BCUT2D eigenvalue weighted by Crippen LogP contribution is 2.18. The molecule has 0 amide bonds. The maximum Gasteiger partial charge on any atom is 0.123 e. The Hall–Kier alpha value is -1.20. The van der Waals surface area contributed by atoms with Crippen LogP contribution in [0.1, 0.15) is 11.3 Å². The summed E-state index contributed by atoms with van der Waals surface area (Å²) in [5.74, 6) is -0.231. The quantitative estimate of drug-likeness (QED) is 0.940. The minimum absolute atomic E-state index is 0.231. The average molecular weight is 298 g/mol. The first kappa shape index (κ1) is 12.3. The van der Waals surface area contributed by atoms with E-state index in [0.717, 1.165) is 22.3 Å². The van der Waals surface area contributed by atoms with Crippen molar-refractivity contribution in [2.45, 2.75) is 13.1 Å². The summed E-state index contributed by atoms with van der Waals surface area (Å²) >= 11 is 3.41.